The number of ketones is 1. The van der Waals surface area contributed by atoms with Gasteiger partial charge in [0.1, 0.15) is 11.8 Å². The summed E-state index contributed by atoms with van der Waals surface area (Å²) in [5.74, 6) is -1.13. The van der Waals surface area contributed by atoms with E-state index in [0.717, 1.165) is 0 Å². The molecule has 0 spiro atoms. The fourth-order valence-electron chi connectivity index (χ4n) is 3.37. The van der Waals surface area contributed by atoms with Crippen molar-refractivity contribution in [3.63, 3.8) is 0 Å². The van der Waals surface area contributed by atoms with Gasteiger partial charge in [0.25, 0.3) is 11.8 Å². The molecule has 2 aromatic rings. The topological polar surface area (TPSA) is 115 Å². The zero-order valence-electron chi connectivity index (χ0n) is 15.4. The number of likely N-dealkylation sites (tertiary alicyclic amines) is 1. The van der Waals surface area contributed by atoms with Gasteiger partial charge in [-0.25, -0.2) is 4.79 Å². The van der Waals surface area contributed by atoms with E-state index in [1.807, 2.05) is 0 Å². The lowest BCUT2D eigenvalue weighted by molar-refractivity contribution is -0.147. The number of rotatable bonds is 5. The van der Waals surface area contributed by atoms with Gasteiger partial charge < -0.3 is 24.1 Å². The summed E-state index contributed by atoms with van der Waals surface area (Å²) in [6.45, 7) is -0.129. The number of hydrogen-bond acceptors (Lipinski definition) is 7. The van der Waals surface area contributed by atoms with Crippen molar-refractivity contribution in [1.82, 2.24) is 4.90 Å². The van der Waals surface area contributed by atoms with Gasteiger partial charge in [-0.15, -0.1) is 0 Å². The second-order valence-corrected chi connectivity index (χ2v) is 6.71. The molecule has 0 radical (unpaired) electrons. The molecule has 3 heterocycles. The van der Waals surface area contributed by atoms with Gasteiger partial charge in [-0.3, -0.25) is 14.4 Å². The molecule has 1 atom stereocenters. The molecule has 1 fully saturated rings. The van der Waals surface area contributed by atoms with Crippen molar-refractivity contribution in [3.8, 4) is 5.75 Å². The lowest BCUT2D eigenvalue weighted by Gasteiger charge is -2.22. The Hall–Kier alpha value is -3.62. The van der Waals surface area contributed by atoms with Crippen LogP contribution < -0.4 is 10.1 Å². The third-order valence-corrected chi connectivity index (χ3v) is 4.80. The van der Waals surface area contributed by atoms with E-state index in [1.165, 1.54) is 29.4 Å². The number of nitrogens with zero attached hydrogens (tertiary/aromatic N) is 1. The molecule has 1 N–H and O–H groups in total. The number of furan rings is 1. The monoisotopic (exact) mass is 398 g/mol. The van der Waals surface area contributed by atoms with Gasteiger partial charge in [0.2, 0.25) is 0 Å². The van der Waals surface area contributed by atoms with E-state index in [4.69, 9.17) is 13.9 Å². The SMILES string of the molecule is O=C1COc2ccc(C(=O)COC(=O)[C@@H]3CCCN3C(=O)c3ccco3)cc2N1. The predicted octanol–water partition coefficient (Wildman–Crippen LogP) is 1.64. The fraction of sp³-hybridized carbons (Fsp3) is 0.300. The first kappa shape index (κ1) is 18.7. The van der Waals surface area contributed by atoms with Crippen LogP contribution in [0, 0.1) is 0 Å². The minimum atomic E-state index is -0.753. The number of esters is 1. The Balaban J connectivity index is 1.38. The summed E-state index contributed by atoms with van der Waals surface area (Å²) in [6, 6.07) is 6.97. The molecule has 2 amide bonds. The summed E-state index contributed by atoms with van der Waals surface area (Å²) in [7, 11) is 0. The molecule has 2 aliphatic rings. The van der Waals surface area contributed by atoms with Gasteiger partial charge in [0.15, 0.2) is 24.8 Å². The van der Waals surface area contributed by atoms with Crippen molar-refractivity contribution in [2.75, 3.05) is 25.1 Å². The van der Waals surface area contributed by atoms with Crippen LogP contribution in [0.15, 0.2) is 41.0 Å². The summed E-state index contributed by atoms with van der Waals surface area (Å²) >= 11 is 0. The van der Waals surface area contributed by atoms with Gasteiger partial charge in [0.05, 0.1) is 12.0 Å². The van der Waals surface area contributed by atoms with E-state index < -0.39 is 24.4 Å². The van der Waals surface area contributed by atoms with Crippen molar-refractivity contribution in [2.45, 2.75) is 18.9 Å². The van der Waals surface area contributed by atoms with Crippen LogP contribution in [0.1, 0.15) is 33.8 Å². The minimum absolute atomic E-state index is 0.0769. The normalized spacial score (nSPS) is 17.9. The number of hydrogen-bond donors (Lipinski definition) is 1. The molecule has 150 valence electrons. The number of fused-ring (bicyclic) bond motifs is 1. The van der Waals surface area contributed by atoms with Crippen LogP contribution in [0.4, 0.5) is 5.69 Å². The fourth-order valence-corrected chi connectivity index (χ4v) is 3.37. The Morgan fingerprint density at radius 3 is 2.90 bits per heavy atom. The highest BCUT2D eigenvalue weighted by atomic mass is 16.5. The smallest absolute Gasteiger partial charge is 0.329 e. The number of ether oxygens (including phenoxy) is 2. The molecular weight excluding hydrogens is 380 g/mol. The first-order chi connectivity index (χ1) is 14.0. The lowest BCUT2D eigenvalue weighted by Crippen LogP contribution is -2.41. The molecular formula is C20H18N2O7. The van der Waals surface area contributed by atoms with Crippen LogP contribution in [-0.2, 0) is 14.3 Å². The van der Waals surface area contributed by atoms with E-state index >= 15 is 0 Å². The highest BCUT2D eigenvalue weighted by molar-refractivity contribution is 6.02. The highest BCUT2D eigenvalue weighted by Crippen LogP contribution is 2.28. The maximum Gasteiger partial charge on any atom is 0.329 e. The predicted molar refractivity (Wildman–Crippen MR) is 98.6 cm³/mol. The van der Waals surface area contributed by atoms with E-state index in [-0.39, 0.29) is 29.7 Å². The quantitative estimate of drug-likeness (QED) is 0.601. The number of nitrogens with one attached hydrogen (secondary N) is 1. The van der Waals surface area contributed by atoms with Crippen molar-refractivity contribution >= 4 is 29.3 Å². The van der Waals surface area contributed by atoms with Gasteiger partial charge in [0, 0.05) is 12.1 Å². The summed E-state index contributed by atoms with van der Waals surface area (Å²) in [4.78, 5) is 50.1. The van der Waals surface area contributed by atoms with Crippen LogP contribution in [-0.4, -0.2) is 54.3 Å². The number of benzene rings is 1. The van der Waals surface area contributed by atoms with Gasteiger partial charge >= 0.3 is 5.97 Å². The van der Waals surface area contributed by atoms with Gasteiger partial charge in [-0.2, -0.15) is 0 Å². The molecule has 1 aromatic carbocycles. The average Bonchev–Trinajstić information content (AvgIpc) is 3.42. The second-order valence-electron chi connectivity index (χ2n) is 6.71. The number of amides is 2. The van der Waals surface area contributed by atoms with E-state index in [1.54, 1.807) is 12.1 Å². The number of anilines is 1. The Morgan fingerprint density at radius 2 is 2.10 bits per heavy atom. The van der Waals surface area contributed by atoms with Crippen molar-refractivity contribution in [2.24, 2.45) is 0 Å². The molecule has 4 rings (SSSR count). The summed E-state index contributed by atoms with van der Waals surface area (Å²) < 4.78 is 15.5. The molecule has 1 saturated heterocycles. The van der Waals surface area contributed by atoms with Crippen LogP contribution >= 0.6 is 0 Å². The summed E-state index contributed by atoms with van der Waals surface area (Å²) in [5, 5.41) is 2.62. The molecule has 9 nitrogen and oxygen atoms in total. The molecule has 2 aliphatic heterocycles. The Morgan fingerprint density at radius 1 is 1.24 bits per heavy atom. The zero-order valence-corrected chi connectivity index (χ0v) is 15.4. The molecule has 0 aliphatic carbocycles. The van der Waals surface area contributed by atoms with Crippen molar-refractivity contribution in [1.29, 1.82) is 0 Å². The standard InChI is InChI=1S/C20H18N2O7/c23-15(12-5-6-16-13(9-12)21-18(24)11-28-16)10-29-20(26)14-3-1-7-22(14)19(25)17-4-2-8-27-17/h2,4-6,8-9,14H,1,3,7,10-11H2,(H,21,24)/t14-/m0/s1. The Bertz CT molecular complexity index is 967. The molecule has 29 heavy (non-hydrogen) atoms. The van der Waals surface area contributed by atoms with E-state index in [9.17, 15) is 19.2 Å². The summed E-state index contributed by atoms with van der Waals surface area (Å²) in [5.41, 5.74) is 0.668. The third-order valence-electron chi connectivity index (χ3n) is 4.80. The largest absolute Gasteiger partial charge is 0.482 e. The molecule has 0 saturated carbocycles. The maximum absolute atomic E-state index is 12.5. The molecule has 1 aromatic heterocycles. The van der Waals surface area contributed by atoms with Crippen LogP contribution in [0.2, 0.25) is 0 Å². The first-order valence-electron chi connectivity index (χ1n) is 9.14. The maximum atomic E-state index is 12.5. The minimum Gasteiger partial charge on any atom is -0.482 e. The molecule has 0 bridgehead atoms. The van der Waals surface area contributed by atoms with E-state index in [0.29, 0.717) is 30.8 Å². The Kier molecular flexibility index (Phi) is 5.03. The molecule has 9 heteroatoms. The average molecular weight is 398 g/mol. The van der Waals surface area contributed by atoms with Crippen LogP contribution in [0.25, 0.3) is 0 Å². The van der Waals surface area contributed by atoms with Crippen LogP contribution in [0.3, 0.4) is 0 Å². The van der Waals surface area contributed by atoms with Gasteiger partial charge in [-0.05, 0) is 43.2 Å². The van der Waals surface area contributed by atoms with Gasteiger partial charge in [-0.1, -0.05) is 0 Å². The first-order valence-corrected chi connectivity index (χ1v) is 9.14. The highest BCUT2D eigenvalue weighted by Gasteiger charge is 2.36. The van der Waals surface area contributed by atoms with E-state index in [2.05, 4.69) is 5.32 Å². The summed E-state index contributed by atoms with van der Waals surface area (Å²) in [6.07, 6.45) is 2.51. The lowest BCUT2D eigenvalue weighted by atomic mass is 10.1. The van der Waals surface area contributed by atoms with Crippen LogP contribution in [0.5, 0.6) is 5.75 Å². The second kappa shape index (κ2) is 7.78. The third kappa shape index (κ3) is 3.84. The Labute approximate surface area is 165 Å². The number of carbonyl (C=O) groups excluding carboxylic acids is 4. The zero-order chi connectivity index (χ0) is 20.4. The van der Waals surface area contributed by atoms with Crippen molar-refractivity contribution < 1.29 is 33.1 Å². The number of Topliss-reactive ketones (excluding diaryl/α,β-unsaturated/α-hetero) is 1. The molecule has 0 unspecified atom stereocenters. The number of carbonyl (C=O) groups is 4. The van der Waals surface area contributed by atoms with Crippen molar-refractivity contribution in [3.05, 3.63) is 47.9 Å².